The van der Waals surface area contributed by atoms with E-state index in [4.69, 9.17) is 0 Å². The molecule has 1 N–H and O–H groups in total. The Balaban J connectivity index is 1.49. The van der Waals surface area contributed by atoms with Crippen LogP contribution >= 0.6 is 0 Å². The number of nitrogens with zero attached hydrogens (tertiary/aromatic N) is 4. The van der Waals surface area contributed by atoms with Crippen molar-refractivity contribution in [3.05, 3.63) is 47.3 Å². The molecule has 0 radical (unpaired) electrons. The van der Waals surface area contributed by atoms with E-state index in [-0.39, 0.29) is 11.9 Å². The summed E-state index contributed by atoms with van der Waals surface area (Å²) in [6, 6.07) is 7.82. The number of benzene rings is 1. The van der Waals surface area contributed by atoms with Gasteiger partial charge in [-0.2, -0.15) is 0 Å². The van der Waals surface area contributed by atoms with Crippen LogP contribution in [-0.2, 0) is 17.8 Å². The zero-order valence-corrected chi connectivity index (χ0v) is 12.9. The van der Waals surface area contributed by atoms with Crippen molar-refractivity contribution < 1.29 is 9.90 Å². The molecule has 0 spiro atoms. The van der Waals surface area contributed by atoms with Gasteiger partial charge in [0, 0.05) is 13.0 Å². The van der Waals surface area contributed by atoms with Gasteiger partial charge in [-0.3, -0.25) is 4.79 Å². The van der Waals surface area contributed by atoms with Gasteiger partial charge < -0.3 is 10.0 Å². The molecular weight excluding hydrogens is 292 g/mol. The van der Waals surface area contributed by atoms with Crippen molar-refractivity contribution in [3.63, 3.8) is 0 Å². The molecule has 2 unspecified atom stereocenters. The highest BCUT2D eigenvalue weighted by Crippen LogP contribution is 2.38. The van der Waals surface area contributed by atoms with Gasteiger partial charge in [0.1, 0.15) is 11.8 Å². The molecule has 1 aromatic carbocycles. The number of hydrogen-bond acceptors (Lipinski definition) is 4. The number of fused-ring (bicyclic) bond motifs is 1. The second kappa shape index (κ2) is 5.77. The summed E-state index contributed by atoms with van der Waals surface area (Å²) in [7, 11) is 0. The average Bonchev–Trinajstić information content (AvgIpc) is 3.15. The minimum absolute atomic E-state index is 0.120. The third-order valence-electron chi connectivity index (χ3n) is 4.84. The predicted octanol–water partition coefficient (Wildman–Crippen LogP) is 1.62. The SMILES string of the molecule is O=C1CCCCN1Cc1cn(C2Cc3ccccc3C2O)nn1. The van der Waals surface area contributed by atoms with E-state index in [1.54, 1.807) is 4.68 Å². The van der Waals surface area contributed by atoms with E-state index in [0.717, 1.165) is 42.6 Å². The molecule has 1 fully saturated rings. The van der Waals surface area contributed by atoms with Crippen molar-refractivity contribution in [3.8, 4) is 0 Å². The van der Waals surface area contributed by atoms with Gasteiger partial charge in [-0.05, 0) is 30.4 Å². The molecule has 1 amide bonds. The maximum Gasteiger partial charge on any atom is 0.222 e. The molecule has 0 bridgehead atoms. The molecule has 6 heteroatoms. The molecule has 2 aliphatic rings. The van der Waals surface area contributed by atoms with Crippen LogP contribution in [0.15, 0.2) is 30.5 Å². The van der Waals surface area contributed by atoms with E-state index in [1.807, 2.05) is 35.4 Å². The van der Waals surface area contributed by atoms with Crippen molar-refractivity contribution >= 4 is 5.91 Å². The minimum Gasteiger partial charge on any atom is -0.386 e. The smallest absolute Gasteiger partial charge is 0.222 e. The summed E-state index contributed by atoms with van der Waals surface area (Å²) < 4.78 is 1.74. The number of aliphatic hydroxyl groups is 1. The number of piperidine rings is 1. The molecule has 2 aromatic rings. The number of carbonyl (C=O) groups excluding carboxylic acids is 1. The van der Waals surface area contributed by atoms with Gasteiger partial charge in [0.2, 0.25) is 5.91 Å². The fourth-order valence-electron chi connectivity index (χ4n) is 3.56. The Kier molecular flexibility index (Phi) is 3.61. The van der Waals surface area contributed by atoms with Gasteiger partial charge in [-0.1, -0.05) is 29.5 Å². The molecule has 4 rings (SSSR count). The van der Waals surface area contributed by atoms with Gasteiger partial charge in [0.15, 0.2) is 0 Å². The Morgan fingerprint density at radius 1 is 1.26 bits per heavy atom. The number of likely N-dealkylation sites (tertiary alicyclic amines) is 1. The first-order chi connectivity index (χ1) is 11.2. The Bertz CT molecular complexity index is 727. The number of hydrogen-bond donors (Lipinski definition) is 1. The van der Waals surface area contributed by atoms with Crippen molar-refractivity contribution in [2.45, 2.75) is 44.4 Å². The lowest BCUT2D eigenvalue weighted by Gasteiger charge is -2.25. The normalized spacial score (nSPS) is 24.0. The molecule has 120 valence electrons. The number of amides is 1. The molecule has 2 atom stereocenters. The topological polar surface area (TPSA) is 71.2 Å². The van der Waals surface area contributed by atoms with Crippen molar-refractivity contribution in [2.24, 2.45) is 0 Å². The molecule has 1 aliphatic carbocycles. The Labute approximate surface area is 134 Å². The van der Waals surface area contributed by atoms with Crippen molar-refractivity contribution in [1.29, 1.82) is 0 Å². The van der Waals surface area contributed by atoms with Crippen LogP contribution in [0.4, 0.5) is 0 Å². The van der Waals surface area contributed by atoms with Crippen molar-refractivity contribution in [2.75, 3.05) is 6.54 Å². The minimum atomic E-state index is -0.558. The second-order valence-corrected chi connectivity index (χ2v) is 6.38. The van der Waals surface area contributed by atoms with Gasteiger partial charge in [-0.15, -0.1) is 5.10 Å². The third-order valence-corrected chi connectivity index (χ3v) is 4.84. The van der Waals surface area contributed by atoms with Crippen LogP contribution in [0.3, 0.4) is 0 Å². The fraction of sp³-hybridized carbons (Fsp3) is 0.471. The van der Waals surface area contributed by atoms with E-state index < -0.39 is 6.10 Å². The highest BCUT2D eigenvalue weighted by Gasteiger charge is 2.33. The summed E-state index contributed by atoms with van der Waals surface area (Å²) in [6.07, 6.45) is 4.72. The summed E-state index contributed by atoms with van der Waals surface area (Å²) >= 11 is 0. The Hall–Kier alpha value is -2.21. The van der Waals surface area contributed by atoms with Crippen LogP contribution in [0.2, 0.25) is 0 Å². The van der Waals surface area contributed by atoms with Crippen LogP contribution in [0.25, 0.3) is 0 Å². The zero-order chi connectivity index (χ0) is 15.8. The highest BCUT2D eigenvalue weighted by atomic mass is 16.3. The third kappa shape index (κ3) is 2.63. The molecule has 2 heterocycles. The largest absolute Gasteiger partial charge is 0.386 e. The van der Waals surface area contributed by atoms with Crippen LogP contribution in [0, 0.1) is 0 Å². The quantitative estimate of drug-likeness (QED) is 0.935. The molecule has 1 aliphatic heterocycles. The molecule has 0 saturated carbocycles. The van der Waals surface area contributed by atoms with Gasteiger partial charge in [0.05, 0.1) is 18.8 Å². The average molecular weight is 312 g/mol. The summed E-state index contributed by atoms with van der Waals surface area (Å²) in [5, 5.41) is 18.9. The molecule has 23 heavy (non-hydrogen) atoms. The van der Waals surface area contributed by atoms with Gasteiger partial charge >= 0.3 is 0 Å². The van der Waals surface area contributed by atoms with Crippen molar-refractivity contribution in [1.82, 2.24) is 19.9 Å². The first-order valence-corrected chi connectivity index (χ1v) is 8.17. The lowest BCUT2D eigenvalue weighted by Crippen LogP contribution is -2.34. The molecule has 6 nitrogen and oxygen atoms in total. The van der Waals surface area contributed by atoms with Crippen LogP contribution in [-0.4, -0.2) is 37.5 Å². The monoisotopic (exact) mass is 312 g/mol. The van der Waals surface area contributed by atoms with Gasteiger partial charge in [0.25, 0.3) is 0 Å². The van der Waals surface area contributed by atoms with E-state index >= 15 is 0 Å². The number of rotatable bonds is 3. The predicted molar refractivity (Wildman–Crippen MR) is 83.4 cm³/mol. The first kappa shape index (κ1) is 14.4. The maximum absolute atomic E-state index is 11.9. The van der Waals surface area contributed by atoms with E-state index in [1.165, 1.54) is 0 Å². The van der Waals surface area contributed by atoms with E-state index in [0.29, 0.717) is 13.0 Å². The molecular formula is C17H20N4O2. The lowest BCUT2D eigenvalue weighted by atomic mass is 10.1. The van der Waals surface area contributed by atoms with Gasteiger partial charge in [-0.25, -0.2) is 4.68 Å². The van der Waals surface area contributed by atoms with E-state index in [2.05, 4.69) is 10.3 Å². The zero-order valence-electron chi connectivity index (χ0n) is 12.9. The summed E-state index contributed by atoms with van der Waals surface area (Å²) in [4.78, 5) is 13.7. The van der Waals surface area contributed by atoms with Crippen LogP contribution in [0.5, 0.6) is 0 Å². The first-order valence-electron chi connectivity index (χ1n) is 8.17. The molecule has 1 aromatic heterocycles. The highest BCUT2D eigenvalue weighted by molar-refractivity contribution is 5.76. The molecule has 1 saturated heterocycles. The number of aliphatic hydroxyl groups excluding tert-OH is 1. The second-order valence-electron chi connectivity index (χ2n) is 6.38. The standard InChI is InChI=1S/C17H20N4O2/c22-16-7-3-4-8-20(16)10-13-11-21(19-18-13)15-9-12-5-1-2-6-14(12)17(15)23/h1-2,5-6,11,15,17,23H,3-4,7-10H2. The number of aromatic nitrogens is 3. The Morgan fingerprint density at radius 3 is 2.96 bits per heavy atom. The number of carbonyl (C=O) groups is 1. The summed E-state index contributed by atoms with van der Waals surface area (Å²) in [5.74, 6) is 0.194. The Morgan fingerprint density at radius 2 is 2.13 bits per heavy atom. The van der Waals surface area contributed by atoms with E-state index in [9.17, 15) is 9.90 Å². The summed E-state index contributed by atoms with van der Waals surface area (Å²) in [5.41, 5.74) is 2.91. The lowest BCUT2D eigenvalue weighted by molar-refractivity contribution is -0.133. The van der Waals surface area contributed by atoms with Crippen LogP contribution in [0.1, 0.15) is 48.2 Å². The van der Waals surface area contributed by atoms with Crippen LogP contribution < -0.4 is 0 Å². The fourth-order valence-corrected chi connectivity index (χ4v) is 3.56. The maximum atomic E-state index is 11.9. The summed E-state index contributed by atoms with van der Waals surface area (Å²) in [6.45, 7) is 1.30.